The summed E-state index contributed by atoms with van der Waals surface area (Å²) in [4.78, 5) is 19.4. The second-order valence-electron chi connectivity index (χ2n) is 8.81. The first kappa shape index (κ1) is 22.8. The Labute approximate surface area is 194 Å². The van der Waals surface area contributed by atoms with Crippen molar-refractivity contribution < 1.29 is 9.21 Å². The summed E-state index contributed by atoms with van der Waals surface area (Å²) >= 11 is 0. The van der Waals surface area contributed by atoms with Gasteiger partial charge in [-0.25, -0.2) is 10.8 Å². The van der Waals surface area contributed by atoms with Gasteiger partial charge in [-0.1, -0.05) is 6.07 Å². The number of carbonyl (C=O) groups excluding carboxylic acids is 1. The van der Waals surface area contributed by atoms with E-state index in [1.54, 1.807) is 19.4 Å². The summed E-state index contributed by atoms with van der Waals surface area (Å²) < 4.78 is 5.94. The summed E-state index contributed by atoms with van der Waals surface area (Å²) in [6.07, 6.45) is 9.98. The minimum absolute atomic E-state index is 0.109. The highest BCUT2D eigenvalue weighted by Gasteiger charge is 2.40. The lowest BCUT2D eigenvalue weighted by atomic mass is 9.99. The second-order valence-corrected chi connectivity index (χ2v) is 8.81. The number of aromatic nitrogens is 1. The molecule has 5 rings (SSSR count). The van der Waals surface area contributed by atoms with Crippen LogP contribution in [0.15, 0.2) is 41.2 Å². The molecule has 2 saturated carbocycles. The monoisotopic (exact) mass is 449 g/mol. The summed E-state index contributed by atoms with van der Waals surface area (Å²) in [6, 6.07) is 8.44. The number of amides is 1. The number of hydrogen-bond acceptors (Lipinski definition) is 8. The Morgan fingerprint density at radius 2 is 2.06 bits per heavy atom. The van der Waals surface area contributed by atoms with Crippen molar-refractivity contribution in [1.29, 1.82) is 5.26 Å². The lowest BCUT2D eigenvalue weighted by molar-refractivity contribution is 0.0635. The number of nitrogens with one attached hydrogen (secondary N) is 1. The molecule has 2 aromatic rings. The molecule has 0 radical (unpaired) electrons. The van der Waals surface area contributed by atoms with Gasteiger partial charge in [-0.2, -0.15) is 5.26 Å². The highest BCUT2D eigenvalue weighted by atomic mass is 16.4. The minimum atomic E-state index is -0.109. The van der Waals surface area contributed by atoms with Crippen LogP contribution in [0.25, 0.3) is 11.3 Å². The van der Waals surface area contributed by atoms with Gasteiger partial charge in [-0.3, -0.25) is 4.79 Å². The summed E-state index contributed by atoms with van der Waals surface area (Å²) in [5.74, 6) is 6.22. The molecule has 0 spiro atoms. The van der Waals surface area contributed by atoms with Gasteiger partial charge in [-0.15, -0.1) is 0 Å². The van der Waals surface area contributed by atoms with Crippen LogP contribution in [0.1, 0.15) is 59.8 Å². The van der Waals surface area contributed by atoms with Crippen LogP contribution in [-0.4, -0.2) is 53.0 Å². The zero-order chi connectivity index (χ0) is 23.4. The van der Waals surface area contributed by atoms with Crippen LogP contribution in [0.5, 0.6) is 0 Å². The number of nitrogens with zero attached hydrogens (tertiary/aromatic N) is 4. The third kappa shape index (κ3) is 5.53. The number of nitrogens with two attached hydrogens (primary N) is 2. The van der Waals surface area contributed by atoms with Crippen molar-refractivity contribution in [2.75, 3.05) is 20.1 Å². The molecule has 33 heavy (non-hydrogen) atoms. The van der Waals surface area contributed by atoms with Gasteiger partial charge in [0.05, 0.1) is 17.8 Å². The molecule has 2 aliphatic carbocycles. The Bertz CT molecular complexity index is 1040. The van der Waals surface area contributed by atoms with Crippen molar-refractivity contribution >= 4 is 5.91 Å². The first-order chi connectivity index (χ1) is 16.0. The maximum atomic E-state index is 13.1. The van der Waals surface area contributed by atoms with Crippen molar-refractivity contribution in [3.8, 4) is 17.4 Å². The van der Waals surface area contributed by atoms with E-state index >= 15 is 0 Å². The van der Waals surface area contributed by atoms with Crippen molar-refractivity contribution in [2.45, 2.75) is 50.1 Å². The molecule has 5 N–H and O–H groups in total. The van der Waals surface area contributed by atoms with Crippen LogP contribution in [0.2, 0.25) is 0 Å². The normalized spacial score (nSPS) is 19.6. The lowest BCUT2D eigenvalue weighted by Gasteiger charge is -2.27. The third-order valence-corrected chi connectivity index (χ3v) is 6.08. The van der Waals surface area contributed by atoms with Crippen LogP contribution in [0, 0.1) is 11.3 Å². The van der Waals surface area contributed by atoms with Gasteiger partial charge in [0, 0.05) is 43.6 Å². The number of nitriles is 1. The molecular formula is C24H31N7O2. The largest absolute Gasteiger partial charge is 0.432 e. The number of carbonyl (C=O) groups is 1. The highest BCUT2D eigenvalue weighted by molar-refractivity contribution is 5.91. The van der Waals surface area contributed by atoms with Crippen molar-refractivity contribution in [2.24, 2.45) is 11.6 Å². The highest BCUT2D eigenvalue weighted by Crippen LogP contribution is 2.45. The Morgan fingerprint density at radius 1 is 1.27 bits per heavy atom. The maximum Gasteiger partial charge on any atom is 0.310 e. The van der Waals surface area contributed by atoms with E-state index in [0.717, 1.165) is 50.8 Å². The smallest absolute Gasteiger partial charge is 0.310 e. The molecule has 174 valence electrons. The van der Waals surface area contributed by atoms with Crippen molar-refractivity contribution in [3.05, 3.63) is 53.8 Å². The van der Waals surface area contributed by atoms with Gasteiger partial charge in [0.15, 0.2) is 5.76 Å². The molecule has 1 amide bonds. The van der Waals surface area contributed by atoms with Gasteiger partial charge < -0.3 is 25.4 Å². The van der Waals surface area contributed by atoms with Crippen LogP contribution >= 0.6 is 0 Å². The van der Waals surface area contributed by atoms with E-state index in [1.165, 1.54) is 16.8 Å². The second kappa shape index (κ2) is 10.1. The standard InChI is InChI=1S/C21H22N4O2.C3H9N3/c22-10-13-1-6-17(14-2-3-14)18(9-13)19-12-24-20(27-19)21(26)25(15-4-5-15)16-7-8-23-11-16;1-6(5)3-2-4/h1,6,9,12,14-16,23H,2-5,7-8,11H2;2-3H,4-5H2,1H3/b;3-2-. The van der Waals surface area contributed by atoms with Crippen LogP contribution < -0.4 is 16.9 Å². The van der Waals surface area contributed by atoms with E-state index in [9.17, 15) is 10.1 Å². The molecular weight excluding hydrogens is 418 g/mol. The third-order valence-electron chi connectivity index (χ3n) is 6.08. The summed E-state index contributed by atoms with van der Waals surface area (Å²) in [7, 11) is 1.70. The fourth-order valence-corrected chi connectivity index (χ4v) is 4.19. The summed E-state index contributed by atoms with van der Waals surface area (Å²) in [5, 5.41) is 14.0. The van der Waals surface area contributed by atoms with E-state index in [4.69, 9.17) is 16.0 Å². The molecule has 9 nitrogen and oxygen atoms in total. The van der Waals surface area contributed by atoms with E-state index in [-0.39, 0.29) is 17.8 Å². The molecule has 0 bridgehead atoms. The van der Waals surface area contributed by atoms with Gasteiger partial charge >= 0.3 is 5.91 Å². The number of hydrogen-bond donors (Lipinski definition) is 3. The maximum absolute atomic E-state index is 13.1. The van der Waals surface area contributed by atoms with E-state index < -0.39 is 0 Å². The summed E-state index contributed by atoms with van der Waals surface area (Å²) in [5.41, 5.74) is 7.60. The summed E-state index contributed by atoms with van der Waals surface area (Å²) in [6.45, 7) is 1.79. The molecule has 2 heterocycles. The molecule has 9 heteroatoms. The predicted octanol–water partition coefficient (Wildman–Crippen LogP) is 2.28. The number of rotatable bonds is 6. The molecule has 1 aliphatic heterocycles. The van der Waals surface area contributed by atoms with Gasteiger partial charge in [-0.05, 0) is 62.3 Å². The average Bonchev–Trinajstić information content (AvgIpc) is 3.72. The number of benzene rings is 1. The zero-order valence-corrected chi connectivity index (χ0v) is 18.9. The Kier molecular flexibility index (Phi) is 6.96. The average molecular weight is 450 g/mol. The van der Waals surface area contributed by atoms with Gasteiger partial charge in [0.1, 0.15) is 0 Å². The molecule has 3 aliphatic rings. The molecule has 3 fully saturated rings. The lowest BCUT2D eigenvalue weighted by Crippen LogP contribution is -2.43. The first-order valence-corrected chi connectivity index (χ1v) is 11.4. The first-order valence-electron chi connectivity index (χ1n) is 11.4. The SMILES string of the molecule is CN(N)/C=C\N.N#Cc1ccc(C2CC2)c(-c2cnc(C(=O)N(C3CC3)C3CCNC3)o2)c1. The molecule has 1 unspecified atom stereocenters. The molecule has 1 saturated heterocycles. The Hall–Kier alpha value is -3.35. The number of hydrazine groups is 1. The van der Waals surface area contributed by atoms with E-state index in [1.807, 2.05) is 23.1 Å². The molecule has 1 aromatic carbocycles. The predicted molar refractivity (Wildman–Crippen MR) is 124 cm³/mol. The number of oxazole rings is 1. The minimum Gasteiger partial charge on any atom is -0.432 e. The zero-order valence-electron chi connectivity index (χ0n) is 18.9. The molecule has 1 atom stereocenters. The van der Waals surface area contributed by atoms with Gasteiger partial charge in [0.25, 0.3) is 5.89 Å². The topological polar surface area (TPSA) is 137 Å². The Morgan fingerprint density at radius 3 is 2.61 bits per heavy atom. The van der Waals surface area contributed by atoms with Crippen LogP contribution in [0.3, 0.4) is 0 Å². The van der Waals surface area contributed by atoms with E-state index in [0.29, 0.717) is 23.3 Å². The van der Waals surface area contributed by atoms with Crippen molar-refractivity contribution in [3.63, 3.8) is 0 Å². The quantitative estimate of drug-likeness (QED) is 0.451. The van der Waals surface area contributed by atoms with Crippen molar-refractivity contribution in [1.82, 2.24) is 20.2 Å². The fourth-order valence-electron chi connectivity index (χ4n) is 4.19. The fraction of sp³-hybridized carbons (Fsp3) is 0.458. The van der Waals surface area contributed by atoms with E-state index in [2.05, 4.69) is 16.4 Å². The Balaban J connectivity index is 0.000000385. The van der Waals surface area contributed by atoms with Gasteiger partial charge in [0.2, 0.25) is 0 Å². The van der Waals surface area contributed by atoms with Crippen LogP contribution in [0.4, 0.5) is 0 Å². The molecule has 1 aromatic heterocycles. The van der Waals surface area contributed by atoms with Crippen LogP contribution in [-0.2, 0) is 0 Å².